The number of nitrogens with two attached hydrogens (primary N) is 1. The normalized spacial score (nSPS) is 11.1. The molecule has 2 N–H and O–H groups in total. The third kappa shape index (κ3) is 3.32. The van der Waals surface area contributed by atoms with Gasteiger partial charge in [0.2, 0.25) is 5.95 Å². The Balaban J connectivity index is 1.84. The van der Waals surface area contributed by atoms with Crippen LogP contribution in [0.25, 0.3) is 22.0 Å². The Labute approximate surface area is 160 Å². The van der Waals surface area contributed by atoms with Crippen LogP contribution in [0.2, 0.25) is 0 Å². The Morgan fingerprint density at radius 1 is 1.21 bits per heavy atom. The first-order valence-electron chi connectivity index (χ1n) is 8.78. The van der Waals surface area contributed by atoms with Crippen molar-refractivity contribution in [3.63, 3.8) is 0 Å². The number of primary amides is 1. The third-order valence-electron chi connectivity index (χ3n) is 4.47. The van der Waals surface area contributed by atoms with E-state index in [1.165, 1.54) is 12.3 Å². The van der Waals surface area contributed by atoms with Gasteiger partial charge < -0.3 is 5.73 Å². The number of pyridine rings is 2. The summed E-state index contributed by atoms with van der Waals surface area (Å²) in [4.78, 5) is 19.8. The van der Waals surface area contributed by atoms with Gasteiger partial charge in [-0.1, -0.05) is 24.3 Å². The second-order valence-electron chi connectivity index (χ2n) is 6.37. The van der Waals surface area contributed by atoms with E-state index >= 15 is 0 Å². The first-order valence-corrected chi connectivity index (χ1v) is 8.78. The second-order valence-corrected chi connectivity index (χ2v) is 6.37. The molecule has 0 aliphatic rings. The Hall–Kier alpha value is -3.68. The molecular formula is C20H17FN6O. The molecule has 0 spiro atoms. The number of nitrogens with zero attached hydrogens (tertiary/aromatic N) is 5. The molecular weight excluding hydrogens is 359 g/mol. The lowest BCUT2D eigenvalue weighted by molar-refractivity contribution is 0.0996. The molecule has 0 atom stereocenters. The minimum atomic E-state index is -0.679. The summed E-state index contributed by atoms with van der Waals surface area (Å²) < 4.78 is 16.0. The van der Waals surface area contributed by atoms with Crippen molar-refractivity contribution in [2.75, 3.05) is 0 Å². The van der Waals surface area contributed by atoms with Crippen LogP contribution in [0.4, 0.5) is 4.39 Å². The number of benzene rings is 1. The van der Waals surface area contributed by atoms with Gasteiger partial charge in [0, 0.05) is 23.3 Å². The molecule has 1 amide bonds. The van der Waals surface area contributed by atoms with Crippen molar-refractivity contribution in [3.8, 4) is 11.1 Å². The van der Waals surface area contributed by atoms with Crippen molar-refractivity contribution < 1.29 is 9.18 Å². The summed E-state index contributed by atoms with van der Waals surface area (Å²) in [6, 6.07) is 10.3. The van der Waals surface area contributed by atoms with Crippen molar-refractivity contribution in [1.29, 1.82) is 0 Å². The van der Waals surface area contributed by atoms with Gasteiger partial charge in [0.15, 0.2) is 0 Å². The molecule has 0 fully saturated rings. The van der Waals surface area contributed by atoms with Gasteiger partial charge in [-0.25, -0.2) is 14.6 Å². The van der Waals surface area contributed by atoms with E-state index < -0.39 is 11.9 Å². The van der Waals surface area contributed by atoms with Gasteiger partial charge in [-0.2, -0.15) is 4.39 Å². The number of carbonyl (C=O) groups is 1. The number of rotatable bonds is 5. The number of hydrogen-bond donors (Lipinski definition) is 1. The Morgan fingerprint density at radius 3 is 2.79 bits per heavy atom. The van der Waals surface area contributed by atoms with Gasteiger partial charge in [-0.3, -0.25) is 4.79 Å². The molecule has 28 heavy (non-hydrogen) atoms. The summed E-state index contributed by atoms with van der Waals surface area (Å²) in [6.45, 7) is 2.51. The van der Waals surface area contributed by atoms with Gasteiger partial charge in [0.1, 0.15) is 5.69 Å². The predicted molar refractivity (Wildman–Crippen MR) is 102 cm³/mol. The zero-order chi connectivity index (χ0) is 19.7. The van der Waals surface area contributed by atoms with E-state index in [-0.39, 0.29) is 11.3 Å². The fourth-order valence-corrected chi connectivity index (χ4v) is 3.07. The number of carbonyl (C=O) groups excluding carboxylic acids is 1. The Bertz CT molecular complexity index is 1190. The fourth-order valence-electron chi connectivity index (χ4n) is 3.07. The van der Waals surface area contributed by atoms with E-state index in [1.54, 1.807) is 16.8 Å². The summed E-state index contributed by atoms with van der Waals surface area (Å²) in [6.07, 6.45) is 4.06. The maximum atomic E-state index is 14.3. The van der Waals surface area contributed by atoms with E-state index in [4.69, 9.17) is 5.73 Å². The number of hydrogen-bond acceptors (Lipinski definition) is 5. The lowest BCUT2D eigenvalue weighted by Crippen LogP contribution is -2.13. The molecule has 1 aromatic carbocycles. The molecule has 0 unspecified atom stereocenters. The Morgan fingerprint density at radius 2 is 2.07 bits per heavy atom. The molecule has 0 saturated heterocycles. The highest BCUT2D eigenvalue weighted by atomic mass is 19.1. The molecule has 7 nitrogen and oxygen atoms in total. The average molecular weight is 376 g/mol. The SMILES string of the molecule is CCc1cn(Cc2ccc3c(-c4cccnc4F)cc(C(N)=O)nc3c2)nn1. The summed E-state index contributed by atoms with van der Waals surface area (Å²) >= 11 is 0. The highest BCUT2D eigenvalue weighted by molar-refractivity contribution is 6.00. The zero-order valence-electron chi connectivity index (χ0n) is 15.1. The van der Waals surface area contributed by atoms with E-state index in [9.17, 15) is 9.18 Å². The number of halogens is 1. The number of aryl methyl sites for hydroxylation is 1. The second kappa shape index (κ2) is 7.15. The van der Waals surface area contributed by atoms with Crippen LogP contribution in [0.1, 0.15) is 28.7 Å². The van der Waals surface area contributed by atoms with Crippen molar-refractivity contribution in [3.05, 3.63) is 71.7 Å². The highest BCUT2D eigenvalue weighted by Crippen LogP contribution is 2.30. The van der Waals surface area contributed by atoms with Gasteiger partial charge in [-0.15, -0.1) is 5.10 Å². The molecule has 0 aliphatic heterocycles. The monoisotopic (exact) mass is 376 g/mol. The number of fused-ring (bicyclic) bond motifs is 1. The highest BCUT2D eigenvalue weighted by Gasteiger charge is 2.15. The summed E-state index contributed by atoms with van der Waals surface area (Å²) in [5.74, 6) is -1.30. The number of aromatic nitrogens is 5. The maximum Gasteiger partial charge on any atom is 0.267 e. The smallest absolute Gasteiger partial charge is 0.267 e. The molecule has 140 valence electrons. The van der Waals surface area contributed by atoms with Crippen LogP contribution >= 0.6 is 0 Å². The zero-order valence-corrected chi connectivity index (χ0v) is 15.1. The fraction of sp³-hybridized carbons (Fsp3) is 0.150. The van der Waals surface area contributed by atoms with Crippen molar-refractivity contribution in [2.45, 2.75) is 19.9 Å². The molecule has 0 aliphatic carbocycles. The number of amides is 1. The van der Waals surface area contributed by atoms with E-state index in [0.29, 0.717) is 23.0 Å². The van der Waals surface area contributed by atoms with Crippen LogP contribution in [-0.4, -0.2) is 30.9 Å². The molecule has 3 aromatic heterocycles. The van der Waals surface area contributed by atoms with Crippen LogP contribution in [-0.2, 0) is 13.0 Å². The molecule has 4 aromatic rings. The standard InChI is InChI=1S/C20H17FN6O/c1-2-13-11-27(26-25-13)10-12-5-6-14-16(15-4-3-7-23-19(15)21)9-18(20(22)28)24-17(14)8-12/h3-9,11H,2,10H2,1H3,(H2,22,28). The largest absolute Gasteiger partial charge is 0.364 e. The van der Waals surface area contributed by atoms with Crippen LogP contribution in [0.15, 0.2) is 48.8 Å². The quantitative estimate of drug-likeness (QED) is 0.540. The predicted octanol–water partition coefficient (Wildman–Crippen LogP) is 2.74. The van der Waals surface area contributed by atoms with Crippen molar-refractivity contribution in [1.82, 2.24) is 25.0 Å². The third-order valence-corrected chi connectivity index (χ3v) is 4.47. The van der Waals surface area contributed by atoms with Gasteiger partial charge in [0.05, 0.1) is 17.8 Å². The maximum absolute atomic E-state index is 14.3. The van der Waals surface area contributed by atoms with Crippen LogP contribution < -0.4 is 5.73 Å². The molecule has 3 heterocycles. The van der Waals surface area contributed by atoms with Crippen LogP contribution in [0.3, 0.4) is 0 Å². The van der Waals surface area contributed by atoms with Gasteiger partial charge >= 0.3 is 0 Å². The minimum Gasteiger partial charge on any atom is -0.364 e. The van der Waals surface area contributed by atoms with Gasteiger partial charge in [-0.05, 0) is 41.8 Å². The molecule has 0 radical (unpaired) electrons. The molecule has 0 saturated carbocycles. The lowest BCUT2D eigenvalue weighted by Gasteiger charge is -2.10. The summed E-state index contributed by atoms with van der Waals surface area (Å²) in [5.41, 5.74) is 8.68. The van der Waals surface area contributed by atoms with Gasteiger partial charge in [0.25, 0.3) is 5.91 Å². The Kier molecular flexibility index (Phi) is 4.52. The topological polar surface area (TPSA) is 99.6 Å². The van der Waals surface area contributed by atoms with Crippen LogP contribution in [0, 0.1) is 5.95 Å². The van der Waals surface area contributed by atoms with E-state index in [2.05, 4.69) is 20.3 Å². The first-order chi connectivity index (χ1) is 13.5. The van der Waals surface area contributed by atoms with Crippen molar-refractivity contribution in [2.24, 2.45) is 5.73 Å². The molecule has 8 heteroatoms. The lowest BCUT2D eigenvalue weighted by atomic mass is 9.99. The first kappa shape index (κ1) is 17.7. The minimum absolute atomic E-state index is 0.0666. The van der Waals surface area contributed by atoms with Crippen LogP contribution in [0.5, 0.6) is 0 Å². The van der Waals surface area contributed by atoms with E-state index in [1.807, 2.05) is 31.3 Å². The van der Waals surface area contributed by atoms with Crippen molar-refractivity contribution >= 4 is 16.8 Å². The summed E-state index contributed by atoms with van der Waals surface area (Å²) in [7, 11) is 0. The summed E-state index contributed by atoms with van der Waals surface area (Å²) in [5, 5.41) is 8.88. The average Bonchev–Trinajstić information content (AvgIpc) is 3.15. The molecule has 0 bridgehead atoms. The molecule has 4 rings (SSSR count). The van der Waals surface area contributed by atoms with E-state index in [0.717, 1.165) is 17.7 Å².